The quantitative estimate of drug-likeness (QED) is 0.189. The molecule has 33 heavy (non-hydrogen) atoms. The van der Waals surface area contributed by atoms with E-state index in [1.165, 1.54) is 17.8 Å². The van der Waals surface area contributed by atoms with Crippen molar-refractivity contribution in [2.24, 2.45) is 5.92 Å². The second-order valence-corrected chi connectivity index (χ2v) is 11.8. The minimum atomic E-state index is -0.339. The van der Waals surface area contributed by atoms with Gasteiger partial charge in [-0.25, -0.2) is 0 Å². The lowest BCUT2D eigenvalue weighted by Crippen LogP contribution is -2.31. The number of nitro benzene ring substituents is 1. The van der Waals surface area contributed by atoms with Crippen molar-refractivity contribution in [3.8, 4) is 0 Å². The lowest BCUT2D eigenvalue weighted by molar-refractivity contribution is -0.387. The maximum absolute atomic E-state index is 11.5. The molecule has 1 fully saturated rings. The second-order valence-electron chi connectivity index (χ2n) is 8.28. The fourth-order valence-corrected chi connectivity index (χ4v) is 7.79. The number of nitro groups is 1. The van der Waals surface area contributed by atoms with E-state index in [0.29, 0.717) is 14.9 Å². The van der Waals surface area contributed by atoms with Gasteiger partial charge in [-0.1, -0.05) is 63.4 Å². The molecule has 0 amide bonds. The topological polar surface area (TPSA) is 55.2 Å². The molecule has 1 heterocycles. The van der Waals surface area contributed by atoms with Crippen LogP contribution in [0.3, 0.4) is 0 Å². The Labute approximate surface area is 219 Å². The Morgan fingerprint density at radius 2 is 1.82 bits per heavy atom. The first-order chi connectivity index (χ1) is 15.8. The highest BCUT2D eigenvalue weighted by atomic mass is 79.9. The lowest BCUT2D eigenvalue weighted by atomic mass is 9.77. The molecule has 0 saturated heterocycles. The minimum absolute atomic E-state index is 0.00637. The number of rotatable bonds is 4. The van der Waals surface area contributed by atoms with Crippen LogP contribution in [-0.2, 0) is 0 Å². The van der Waals surface area contributed by atoms with Crippen molar-refractivity contribution in [1.29, 1.82) is 0 Å². The van der Waals surface area contributed by atoms with Crippen LogP contribution < -0.4 is 5.32 Å². The summed E-state index contributed by atoms with van der Waals surface area (Å²) in [5.41, 5.74) is 3.12. The molecule has 1 aliphatic carbocycles. The van der Waals surface area contributed by atoms with E-state index in [-0.39, 0.29) is 39.1 Å². The summed E-state index contributed by atoms with van der Waals surface area (Å²) in [6, 6.07) is 18.8. The fourth-order valence-electron chi connectivity index (χ4n) is 5.01. The van der Waals surface area contributed by atoms with E-state index in [1.807, 2.05) is 24.3 Å². The molecule has 1 aliphatic heterocycles. The van der Waals surface area contributed by atoms with Crippen LogP contribution in [0, 0.1) is 16.0 Å². The lowest BCUT2D eigenvalue weighted by Gasteiger charge is -2.39. The van der Waals surface area contributed by atoms with Gasteiger partial charge in [-0.05, 0) is 53.8 Å². The molecule has 3 aromatic carbocycles. The number of fused-ring (bicyclic) bond motifs is 3. The number of halogens is 4. The van der Waals surface area contributed by atoms with Gasteiger partial charge in [-0.15, -0.1) is 23.4 Å². The number of alkyl halides is 1. The molecule has 0 aromatic heterocycles. The van der Waals surface area contributed by atoms with Crippen molar-refractivity contribution >= 4 is 73.9 Å². The average Bonchev–Trinajstić information content (AvgIpc) is 3.10. The Hall–Kier alpha value is -1.44. The van der Waals surface area contributed by atoms with Gasteiger partial charge < -0.3 is 5.32 Å². The number of thioether (sulfide) groups is 1. The van der Waals surface area contributed by atoms with Gasteiger partial charge in [-0.3, -0.25) is 10.1 Å². The third kappa shape index (κ3) is 4.37. The highest BCUT2D eigenvalue weighted by Crippen LogP contribution is 2.59. The van der Waals surface area contributed by atoms with Gasteiger partial charge in [0.15, 0.2) is 0 Å². The monoisotopic (exact) mass is 582 g/mol. The summed E-state index contributed by atoms with van der Waals surface area (Å²) in [4.78, 5) is 11.8. The summed E-state index contributed by atoms with van der Waals surface area (Å²) in [5, 5.41) is 16.1. The molecule has 1 N–H and O–H groups in total. The molecule has 0 unspecified atom stereocenters. The van der Waals surface area contributed by atoms with Crippen LogP contribution in [-0.4, -0.2) is 15.6 Å². The largest absolute Gasteiger partial charge is 0.376 e. The summed E-state index contributed by atoms with van der Waals surface area (Å²) in [6.07, 6.45) is 0.798. The SMILES string of the molecule is O=[N+]([O-])c1ccccc1S[C@@H]1C[C@H]2[C@H](c3cc(Cl)cc(Cl)c3N[C@H]2c2ccc(Br)cc2)[C@@H]1Cl. The molecule has 4 nitrogen and oxygen atoms in total. The highest BCUT2D eigenvalue weighted by molar-refractivity contribution is 9.10. The molecular weight excluding hydrogens is 567 g/mol. The van der Waals surface area contributed by atoms with E-state index in [2.05, 4.69) is 33.4 Å². The Balaban J connectivity index is 1.56. The van der Waals surface area contributed by atoms with Gasteiger partial charge in [0.05, 0.1) is 31.9 Å². The van der Waals surface area contributed by atoms with Gasteiger partial charge in [-0.2, -0.15) is 0 Å². The Bertz CT molecular complexity index is 1230. The summed E-state index contributed by atoms with van der Waals surface area (Å²) in [7, 11) is 0. The molecule has 170 valence electrons. The normalized spacial score (nSPS) is 25.8. The highest BCUT2D eigenvalue weighted by Gasteiger charge is 2.50. The Morgan fingerprint density at radius 1 is 1.09 bits per heavy atom. The van der Waals surface area contributed by atoms with E-state index >= 15 is 0 Å². The predicted molar refractivity (Wildman–Crippen MR) is 140 cm³/mol. The van der Waals surface area contributed by atoms with Crippen LogP contribution in [0.2, 0.25) is 10.0 Å². The molecule has 1 saturated carbocycles. The first kappa shape index (κ1) is 23.3. The molecule has 2 aliphatic rings. The Morgan fingerprint density at radius 3 is 2.55 bits per heavy atom. The van der Waals surface area contributed by atoms with Gasteiger partial charge in [0.25, 0.3) is 5.69 Å². The van der Waals surface area contributed by atoms with Crippen molar-refractivity contribution in [3.05, 3.63) is 96.4 Å². The molecule has 5 atom stereocenters. The zero-order chi connectivity index (χ0) is 23.3. The number of nitrogens with one attached hydrogen (secondary N) is 1. The van der Waals surface area contributed by atoms with Gasteiger partial charge in [0.1, 0.15) is 0 Å². The average molecular weight is 585 g/mol. The smallest absolute Gasteiger partial charge is 0.282 e. The minimum Gasteiger partial charge on any atom is -0.376 e. The fraction of sp³-hybridized carbons (Fsp3) is 0.250. The summed E-state index contributed by atoms with van der Waals surface area (Å²) >= 11 is 25.1. The van der Waals surface area contributed by atoms with E-state index < -0.39 is 0 Å². The van der Waals surface area contributed by atoms with Gasteiger partial charge >= 0.3 is 0 Å². The zero-order valence-electron chi connectivity index (χ0n) is 17.1. The van der Waals surface area contributed by atoms with Crippen LogP contribution in [0.15, 0.2) is 70.0 Å². The van der Waals surface area contributed by atoms with Crippen molar-refractivity contribution in [2.45, 2.75) is 33.9 Å². The number of nitrogens with zero attached hydrogens (tertiary/aromatic N) is 1. The van der Waals surface area contributed by atoms with Crippen molar-refractivity contribution in [3.63, 3.8) is 0 Å². The van der Waals surface area contributed by atoms with Crippen molar-refractivity contribution in [1.82, 2.24) is 0 Å². The van der Waals surface area contributed by atoms with Crippen LogP contribution in [0.4, 0.5) is 11.4 Å². The summed E-state index contributed by atoms with van der Waals surface area (Å²) < 4.78 is 1.01. The standard InChI is InChI=1S/C24H18BrCl3N2O2S/c25-13-7-5-12(6-8-13)23-16-11-20(33-19-4-2-1-3-18(19)30(31)32)22(28)21(16)15-9-14(26)10-17(27)24(15)29-23/h1-10,16,20-23,29H,11H2/t16-,20+,21-,22+,23-/m0/s1. The van der Waals surface area contributed by atoms with Crippen molar-refractivity contribution < 1.29 is 4.92 Å². The van der Waals surface area contributed by atoms with E-state index in [4.69, 9.17) is 34.8 Å². The van der Waals surface area contributed by atoms with Crippen LogP contribution >= 0.6 is 62.5 Å². The number of benzene rings is 3. The van der Waals surface area contributed by atoms with E-state index in [9.17, 15) is 10.1 Å². The number of hydrogen-bond acceptors (Lipinski definition) is 4. The molecule has 0 spiro atoms. The molecule has 0 radical (unpaired) electrons. The van der Waals surface area contributed by atoms with Crippen LogP contribution in [0.25, 0.3) is 0 Å². The van der Waals surface area contributed by atoms with Crippen LogP contribution in [0.1, 0.15) is 29.5 Å². The second kappa shape index (κ2) is 9.31. The zero-order valence-corrected chi connectivity index (χ0v) is 21.7. The molecule has 9 heteroatoms. The number of hydrogen-bond donors (Lipinski definition) is 1. The van der Waals surface area contributed by atoms with Crippen molar-refractivity contribution in [2.75, 3.05) is 5.32 Å². The van der Waals surface area contributed by atoms with Gasteiger partial charge in [0, 0.05) is 26.7 Å². The number of anilines is 1. The maximum atomic E-state index is 11.5. The van der Waals surface area contributed by atoms with Crippen LogP contribution in [0.5, 0.6) is 0 Å². The Kier molecular flexibility index (Phi) is 6.57. The van der Waals surface area contributed by atoms with Gasteiger partial charge in [0.2, 0.25) is 0 Å². The molecule has 0 bridgehead atoms. The first-order valence-electron chi connectivity index (χ1n) is 10.4. The molecular formula is C24H18BrCl3N2O2S. The maximum Gasteiger partial charge on any atom is 0.282 e. The first-order valence-corrected chi connectivity index (χ1v) is 13.2. The summed E-state index contributed by atoms with van der Waals surface area (Å²) in [6.45, 7) is 0. The third-order valence-corrected chi connectivity index (χ3v) is 9.56. The molecule has 5 rings (SSSR count). The van der Waals surface area contributed by atoms with E-state index in [0.717, 1.165) is 27.7 Å². The third-order valence-electron chi connectivity index (χ3n) is 6.41. The summed E-state index contributed by atoms with van der Waals surface area (Å²) in [5.74, 6) is 0.184. The number of para-hydroxylation sites is 1. The predicted octanol–water partition coefficient (Wildman–Crippen LogP) is 8.70. The van der Waals surface area contributed by atoms with E-state index in [1.54, 1.807) is 18.2 Å². The molecule has 3 aromatic rings.